The minimum Gasteiger partial charge on any atom is -1.00 e. The van der Waals surface area contributed by atoms with E-state index in [4.69, 9.17) is 46.1 Å². The Labute approximate surface area is 868 Å². The Balaban J connectivity index is 0.000000212. The van der Waals surface area contributed by atoms with Crippen molar-refractivity contribution in [3.8, 4) is 17.2 Å². The second-order valence-corrected chi connectivity index (χ2v) is 57.8. The molecule has 6 aliphatic rings. The van der Waals surface area contributed by atoms with Crippen LogP contribution in [0.1, 0.15) is 122 Å². The third-order valence-corrected chi connectivity index (χ3v) is 44.0. The number of nitrogens with one attached hydrogen (secondary N) is 1. The van der Waals surface area contributed by atoms with Gasteiger partial charge in [0.05, 0.1) is 29.7 Å². The van der Waals surface area contributed by atoms with E-state index in [2.05, 4.69) is 142 Å². The van der Waals surface area contributed by atoms with Crippen LogP contribution in [0, 0.1) is 32.5 Å². The number of ether oxygens (including phenoxy) is 2. The molecule has 5 aliphatic heterocycles. The molecule has 4 fully saturated rings. The summed E-state index contributed by atoms with van der Waals surface area (Å²) in [4.78, 5) is 47.2. The molecule has 37 heteroatoms. The summed E-state index contributed by atoms with van der Waals surface area (Å²) in [6.45, 7) is 25.2. The molecule has 1 N–H and O–H groups in total. The molecule has 9 heterocycles. The Morgan fingerprint density at radius 2 is 1.12 bits per heavy atom. The Hall–Kier alpha value is -6.01. The zero-order valence-electron chi connectivity index (χ0n) is 76.5. The maximum atomic E-state index is 15.5. The molecule has 12 aromatic rings. The number of halogens is 9. The zero-order chi connectivity index (χ0) is 96.7. The predicted molar refractivity (Wildman–Crippen MR) is 571 cm³/mol. The topological polar surface area (TPSA) is 259 Å². The van der Waals surface area contributed by atoms with Gasteiger partial charge in [0.2, 0.25) is 0 Å². The largest absolute Gasteiger partial charge is 2.00 e. The first kappa shape index (κ1) is 112. The molecule has 4 atom stereocenters. The summed E-state index contributed by atoms with van der Waals surface area (Å²) >= 11 is 27.5. The van der Waals surface area contributed by atoms with Crippen LogP contribution in [-0.4, -0.2) is 157 Å². The summed E-state index contributed by atoms with van der Waals surface area (Å²) in [6, 6.07) is 56.1. The second kappa shape index (κ2) is 49.8. The van der Waals surface area contributed by atoms with Crippen LogP contribution < -0.4 is 55.7 Å². The Kier molecular flexibility index (Phi) is 41.0. The summed E-state index contributed by atoms with van der Waals surface area (Å²) in [7, 11) is -10.1. The van der Waals surface area contributed by atoms with Crippen LogP contribution in [-0.2, 0) is 53.3 Å². The van der Waals surface area contributed by atoms with Crippen molar-refractivity contribution in [2.75, 3.05) is 89.1 Å². The van der Waals surface area contributed by atoms with E-state index in [1.54, 1.807) is 101 Å². The Morgan fingerprint density at radius 3 is 1.58 bits per heavy atom. The average molecular weight is 2350 g/mol. The maximum absolute atomic E-state index is 15.5. The fourth-order valence-electron chi connectivity index (χ4n) is 17.5. The van der Waals surface area contributed by atoms with Crippen LogP contribution in [0.5, 0.6) is 0 Å². The number of amides is 1. The molecular formula is C99H109Br5Cl3FMgN8O13P6. The third-order valence-electron chi connectivity index (χ3n) is 24.5. The molecular weight excluding hydrogens is 2240 g/mol. The molecule has 0 radical (unpaired) electrons. The third kappa shape index (κ3) is 26.7. The number of H-pyrrole nitrogens is 1. The van der Waals surface area contributed by atoms with Gasteiger partial charge in [0.15, 0.2) is 5.82 Å². The molecule has 0 bridgehead atoms. The monoisotopic (exact) mass is 2350 g/mol. The number of imidazole rings is 1. The molecule has 8 aromatic carbocycles. The van der Waals surface area contributed by atoms with Gasteiger partial charge >= 0.3 is 34.5 Å². The zero-order valence-corrected chi connectivity index (χ0v) is 93.5. The van der Waals surface area contributed by atoms with Crippen molar-refractivity contribution in [3.63, 3.8) is 0 Å². The Morgan fingerprint density at radius 1 is 0.662 bits per heavy atom. The normalized spacial score (nSPS) is 18.0. The number of benzene rings is 8. The van der Waals surface area contributed by atoms with E-state index in [0.29, 0.717) is 126 Å². The fourth-order valence-corrected chi connectivity index (χ4v) is 31.9. The number of nitrogens with zero attached hydrogens (tertiary/aromatic N) is 7. The van der Waals surface area contributed by atoms with Crippen LogP contribution in [0.2, 0.25) is 0 Å². The van der Waals surface area contributed by atoms with E-state index in [1.165, 1.54) is 18.7 Å². The fraction of sp³-hybridized carbons (Fsp3) is 0.313. The molecule has 4 aromatic heterocycles. The first-order chi connectivity index (χ1) is 63.9. The maximum Gasteiger partial charge on any atom is 2.00 e. The van der Waals surface area contributed by atoms with Gasteiger partial charge in [0.1, 0.15) is 57.8 Å². The van der Waals surface area contributed by atoms with E-state index in [0.717, 1.165) is 123 Å². The summed E-state index contributed by atoms with van der Waals surface area (Å²) < 4.78 is 122. The number of aryl methyl sites for hydroxylation is 2. The number of carbonyl (C=O) groups excluding carboxylic acids is 1. The summed E-state index contributed by atoms with van der Waals surface area (Å²) in [5.41, 5.74) is 4.84. The van der Waals surface area contributed by atoms with E-state index >= 15 is 9.18 Å². The van der Waals surface area contributed by atoms with Gasteiger partial charge in [-0.15, -0.1) is 13.2 Å². The smallest absolute Gasteiger partial charge is 1.00 e. The number of carbonyl (C=O) groups is 1. The predicted octanol–water partition coefficient (Wildman–Crippen LogP) is 21.8. The quantitative estimate of drug-likeness (QED) is 0.0303. The van der Waals surface area contributed by atoms with Gasteiger partial charge in [-0.3, -0.25) is 32.6 Å². The number of aromatic amines is 1. The molecule has 21 nitrogen and oxygen atoms in total. The van der Waals surface area contributed by atoms with E-state index in [1.807, 2.05) is 151 Å². The van der Waals surface area contributed by atoms with Gasteiger partial charge < -0.3 is 54.1 Å². The molecule has 1 amide bonds. The van der Waals surface area contributed by atoms with Crippen LogP contribution in [0.25, 0.3) is 28.1 Å². The first-order valence-corrected chi connectivity index (χ1v) is 61.6. The van der Waals surface area contributed by atoms with Crippen molar-refractivity contribution >= 4 is 216 Å². The van der Waals surface area contributed by atoms with Crippen LogP contribution in [0.3, 0.4) is 0 Å². The SMILES string of the molecule is C=CCP(=O)(CC=C)c1ccc(Br)cc1.C=C[CH2-].CCOP(=O)(COC)c1ccc(Br)cc1.Cc1cc(-n2nc3c(c2-n2ccn(-c4ccc(P5(=O)CCCC5)cc4)c2=O)[C@H](C)N(C(=O)c2cc4cc(C5CCOCC5)ccc4n2[C@@]2(c4noc(=O)[nH]4)C[C@@H]2C)CC3)cc(C)c1F.O=P(Cl)(Cl)c1ccc(Br)cc1.O=P1(c2ccc(Br)cc2)CC=CC1.O=P1(c2ccc(Br)cc2)CCCC1.[Cl-].[Mg+2]. The van der Waals surface area contributed by atoms with Gasteiger partial charge in [-0.2, -0.15) is 5.10 Å². The number of allylic oxidation sites excluding steroid dienone is 5. The van der Waals surface area contributed by atoms with Crippen LogP contribution in [0.15, 0.2) is 281 Å². The van der Waals surface area contributed by atoms with Crippen molar-refractivity contribution in [3.05, 3.63) is 340 Å². The number of hydrogen-bond acceptors (Lipinski definition) is 15. The molecule has 718 valence electrons. The van der Waals surface area contributed by atoms with Gasteiger partial charge in [0, 0.05) is 166 Å². The summed E-state index contributed by atoms with van der Waals surface area (Å²) in [6.07, 6.45) is 25.3. The summed E-state index contributed by atoms with van der Waals surface area (Å²) in [5.74, 6) is -3.11. The Bertz CT molecular complexity index is 6540. The molecule has 3 saturated heterocycles. The van der Waals surface area contributed by atoms with Gasteiger partial charge in [-0.05, 0) is 263 Å². The van der Waals surface area contributed by atoms with Crippen LogP contribution in [0.4, 0.5) is 4.39 Å². The van der Waals surface area contributed by atoms with E-state index in [9.17, 15) is 37.0 Å². The van der Waals surface area contributed by atoms with Gasteiger partial charge in [-0.25, -0.2) is 38.2 Å². The first-order valence-electron chi connectivity index (χ1n) is 44.0. The number of rotatable bonds is 21. The number of methoxy groups -OCH3 is 1. The van der Waals surface area contributed by atoms with Crippen molar-refractivity contribution in [2.45, 2.75) is 103 Å². The second-order valence-electron chi connectivity index (χ2n) is 33.6. The molecule has 136 heavy (non-hydrogen) atoms. The molecule has 0 spiro atoms. The van der Waals surface area contributed by atoms with Crippen molar-refractivity contribution in [1.29, 1.82) is 0 Å². The van der Waals surface area contributed by atoms with Crippen molar-refractivity contribution in [2.24, 2.45) is 5.92 Å². The minimum absolute atomic E-state index is 0. The molecule has 18 rings (SSSR count). The van der Waals surface area contributed by atoms with Gasteiger partial charge in [0.25, 0.3) is 19.1 Å². The number of fused-ring (bicyclic) bond motifs is 2. The summed E-state index contributed by atoms with van der Waals surface area (Å²) in [5, 5.41) is 15.1. The van der Waals surface area contributed by atoms with Crippen molar-refractivity contribution in [1.82, 2.24) is 38.5 Å². The molecule has 1 unspecified atom stereocenters. The minimum atomic E-state index is -3.11. The molecule has 1 aliphatic carbocycles. The van der Waals surface area contributed by atoms with Crippen LogP contribution >= 0.6 is 144 Å². The average Bonchev–Trinajstić information content (AvgIpc) is 1.52. The standard InChI is InChI=1S/C48H50FN8O6P.C12H14BrOP.C10H14BrO3P.C10H12BrOP.C10H10BrOP.C6H4BrCl2OP.C3H5.ClH.Mg/c1-28-23-36(24-29(2)42(28)49)57-43(55-18-17-54(47(55)60)35-8-10-37(11-9-35)64(61)21-5-6-22-64)41-31(4)53(16-13-38(41)51-57)44(58)40-26-34-25-33(32-14-19-62-20-15-32)7-12-39(34)56(40)48(27-30(48)3)45-50-46(59)63-52-45;1-3-9-15(14,10-4-2)12-7-5-11(13)6-8-12;1-3-14-15(12,8-13-2)10-6-4-9(11)5-7-10;2*11-9-3-5-10(6-4-9)13(12)7-1-2-8-13;7-5-1-3-6(4-2-5)11(8,9)10;1-3-2;;/h7-12,17-18,23-26,30-32H,5-6,13-16,19-22,27H2,1-4H3,(H,50,52,59);3-8H,1-2,9-10H2;4-7H,3,8H2,1-2H3;3-6H,1-2,7-8H2;1-6H,7-8H2;1-4H;3H,1-2H2;1H;/q;;;;;;-1;;+2/p-1/t30-,31-,48-;;;;;;;;/m0......../s1. The number of hydrogen-bond donors (Lipinski definition) is 1. The van der Waals surface area contributed by atoms with E-state index in [-0.39, 0.29) is 65.1 Å². The van der Waals surface area contributed by atoms with Crippen molar-refractivity contribution < 1.29 is 67.5 Å². The van der Waals surface area contributed by atoms with E-state index < -0.39 is 59.1 Å². The van der Waals surface area contributed by atoms with Gasteiger partial charge in [-0.1, -0.05) is 158 Å². The number of aromatic nitrogens is 7. The molecule has 1 saturated carbocycles.